The van der Waals surface area contributed by atoms with Gasteiger partial charge < -0.3 is 4.90 Å². The number of alkyl halides is 3. The van der Waals surface area contributed by atoms with E-state index in [1.807, 2.05) is 0 Å². The Hall–Kier alpha value is -2.26. The first-order valence-corrected chi connectivity index (χ1v) is 10.2. The van der Waals surface area contributed by atoms with E-state index in [-0.39, 0.29) is 16.6 Å². The van der Waals surface area contributed by atoms with Crippen molar-refractivity contribution in [2.45, 2.75) is 23.9 Å². The number of nitrogens with one attached hydrogen (secondary N) is 1. The molecule has 3 rings (SSSR count). The highest BCUT2D eigenvalue weighted by atomic mass is 35.5. The number of nitrogens with zero attached hydrogens (tertiary/aromatic N) is 1. The standard InChI is InChI=1S/C18H16ClF3N2O3S/c19-15-8-5-13(18(20,21)22)11-16(15)28(26,27)23-14-6-3-12(4-7-14)17(25)24-9-1-2-10-24/h3-8,11,23H,1-2,9-10H2. The molecular weight excluding hydrogens is 417 g/mol. The fraction of sp³-hybridized carbons (Fsp3) is 0.278. The van der Waals surface area contributed by atoms with Gasteiger partial charge in [-0.3, -0.25) is 9.52 Å². The second-order valence-corrected chi connectivity index (χ2v) is 8.38. The molecule has 1 aliphatic rings. The fourth-order valence-electron chi connectivity index (χ4n) is 2.88. The zero-order chi connectivity index (χ0) is 20.5. The van der Waals surface area contributed by atoms with E-state index in [1.54, 1.807) is 4.90 Å². The first-order valence-electron chi connectivity index (χ1n) is 8.37. The Kier molecular flexibility index (Phi) is 5.58. The largest absolute Gasteiger partial charge is 0.416 e. The van der Waals surface area contributed by atoms with Crippen LogP contribution >= 0.6 is 11.6 Å². The maximum atomic E-state index is 12.9. The number of sulfonamides is 1. The Morgan fingerprint density at radius 1 is 1.04 bits per heavy atom. The van der Waals surface area contributed by atoms with Crippen molar-refractivity contribution in [1.82, 2.24) is 4.90 Å². The van der Waals surface area contributed by atoms with Crippen LogP contribution in [-0.2, 0) is 16.2 Å². The molecule has 0 saturated carbocycles. The monoisotopic (exact) mass is 432 g/mol. The van der Waals surface area contributed by atoms with E-state index in [0.717, 1.165) is 18.9 Å². The molecule has 5 nitrogen and oxygen atoms in total. The zero-order valence-corrected chi connectivity index (χ0v) is 16.0. The Balaban J connectivity index is 1.82. The van der Waals surface area contributed by atoms with Crippen LogP contribution in [0.5, 0.6) is 0 Å². The molecule has 0 unspecified atom stereocenters. The first-order chi connectivity index (χ1) is 13.1. The van der Waals surface area contributed by atoms with Gasteiger partial charge in [0.05, 0.1) is 10.6 Å². The SMILES string of the molecule is O=C(c1ccc(NS(=O)(=O)c2cc(C(F)(F)F)ccc2Cl)cc1)N1CCCC1. The van der Waals surface area contributed by atoms with Crippen molar-refractivity contribution in [2.24, 2.45) is 0 Å². The van der Waals surface area contributed by atoms with Crippen LogP contribution in [0.2, 0.25) is 5.02 Å². The molecule has 0 aromatic heterocycles. The lowest BCUT2D eigenvalue weighted by Crippen LogP contribution is -2.27. The van der Waals surface area contributed by atoms with Crippen LogP contribution in [0.4, 0.5) is 18.9 Å². The highest BCUT2D eigenvalue weighted by Crippen LogP contribution is 2.34. The maximum Gasteiger partial charge on any atom is 0.416 e. The maximum absolute atomic E-state index is 12.9. The van der Waals surface area contributed by atoms with Gasteiger partial charge in [-0.25, -0.2) is 8.42 Å². The lowest BCUT2D eigenvalue weighted by atomic mass is 10.2. The molecule has 150 valence electrons. The summed E-state index contributed by atoms with van der Waals surface area (Å²) in [6, 6.07) is 7.76. The number of carbonyl (C=O) groups is 1. The molecule has 1 amide bonds. The van der Waals surface area contributed by atoms with Crippen LogP contribution in [0.15, 0.2) is 47.4 Å². The molecule has 2 aromatic rings. The van der Waals surface area contributed by atoms with Gasteiger partial charge in [-0.2, -0.15) is 13.2 Å². The Morgan fingerprint density at radius 2 is 1.64 bits per heavy atom. The predicted octanol–water partition coefficient (Wildman–Crippen LogP) is 4.40. The minimum absolute atomic E-state index is 0.103. The number of anilines is 1. The van der Waals surface area contributed by atoms with Gasteiger partial charge in [-0.15, -0.1) is 0 Å². The van der Waals surface area contributed by atoms with Crippen LogP contribution in [0.1, 0.15) is 28.8 Å². The van der Waals surface area contributed by atoms with Crippen molar-refractivity contribution in [3.8, 4) is 0 Å². The summed E-state index contributed by atoms with van der Waals surface area (Å²) in [5.41, 5.74) is -0.614. The third kappa shape index (κ3) is 4.41. The summed E-state index contributed by atoms with van der Waals surface area (Å²) >= 11 is 5.80. The Morgan fingerprint density at radius 3 is 2.21 bits per heavy atom. The first kappa shape index (κ1) is 20.5. The van der Waals surface area contributed by atoms with E-state index in [0.29, 0.717) is 30.8 Å². The molecule has 2 aromatic carbocycles. The molecule has 1 heterocycles. The molecule has 1 fully saturated rings. The minimum atomic E-state index is -4.70. The number of amides is 1. The average molecular weight is 433 g/mol. The highest BCUT2D eigenvalue weighted by Gasteiger charge is 2.32. The van der Waals surface area contributed by atoms with Crippen molar-refractivity contribution in [1.29, 1.82) is 0 Å². The van der Waals surface area contributed by atoms with Crippen molar-refractivity contribution in [3.05, 3.63) is 58.6 Å². The van der Waals surface area contributed by atoms with Crippen molar-refractivity contribution in [2.75, 3.05) is 17.8 Å². The van der Waals surface area contributed by atoms with E-state index in [9.17, 15) is 26.4 Å². The summed E-state index contributed by atoms with van der Waals surface area (Å²) in [4.78, 5) is 13.3. The van der Waals surface area contributed by atoms with Crippen LogP contribution in [0.25, 0.3) is 0 Å². The number of hydrogen-bond acceptors (Lipinski definition) is 3. The van der Waals surface area contributed by atoms with Crippen LogP contribution in [-0.4, -0.2) is 32.3 Å². The minimum Gasteiger partial charge on any atom is -0.339 e. The van der Waals surface area contributed by atoms with Gasteiger partial charge in [0.1, 0.15) is 4.90 Å². The van der Waals surface area contributed by atoms with Crippen molar-refractivity contribution < 1.29 is 26.4 Å². The van der Waals surface area contributed by atoms with Gasteiger partial charge in [0, 0.05) is 24.3 Å². The van der Waals surface area contributed by atoms with E-state index < -0.39 is 26.7 Å². The summed E-state index contributed by atoms with van der Waals surface area (Å²) < 4.78 is 65.8. The number of rotatable bonds is 4. The van der Waals surface area contributed by atoms with Gasteiger partial charge in [-0.1, -0.05) is 11.6 Å². The van der Waals surface area contributed by atoms with Gasteiger partial charge in [0.2, 0.25) is 0 Å². The Bertz CT molecular complexity index is 986. The third-order valence-electron chi connectivity index (χ3n) is 4.33. The lowest BCUT2D eigenvalue weighted by Gasteiger charge is -2.16. The second-order valence-electron chi connectivity index (χ2n) is 6.33. The lowest BCUT2D eigenvalue weighted by molar-refractivity contribution is -0.137. The summed E-state index contributed by atoms with van der Waals surface area (Å²) in [5.74, 6) is -0.146. The molecule has 1 saturated heterocycles. The molecule has 0 atom stereocenters. The molecule has 1 aliphatic heterocycles. The number of carbonyl (C=O) groups excluding carboxylic acids is 1. The number of benzene rings is 2. The number of hydrogen-bond donors (Lipinski definition) is 1. The van der Waals surface area contributed by atoms with Gasteiger partial charge in [-0.05, 0) is 55.3 Å². The van der Waals surface area contributed by atoms with Crippen LogP contribution in [0, 0.1) is 0 Å². The summed E-state index contributed by atoms with van der Waals surface area (Å²) in [6.07, 6.45) is -2.81. The van der Waals surface area contributed by atoms with Crippen LogP contribution in [0.3, 0.4) is 0 Å². The van der Waals surface area contributed by atoms with E-state index in [4.69, 9.17) is 11.6 Å². The Labute approximate surface area is 165 Å². The van der Waals surface area contributed by atoms with Crippen molar-refractivity contribution in [3.63, 3.8) is 0 Å². The topological polar surface area (TPSA) is 66.5 Å². The third-order valence-corrected chi connectivity index (χ3v) is 6.19. The fourth-order valence-corrected chi connectivity index (χ4v) is 4.46. The summed E-state index contributed by atoms with van der Waals surface area (Å²) in [7, 11) is -4.35. The molecule has 10 heteroatoms. The summed E-state index contributed by atoms with van der Waals surface area (Å²) in [5, 5.41) is -0.332. The zero-order valence-electron chi connectivity index (χ0n) is 14.5. The molecule has 1 N–H and O–H groups in total. The highest BCUT2D eigenvalue weighted by molar-refractivity contribution is 7.92. The molecule has 28 heavy (non-hydrogen) atoms. The number of likely N-dealkylation sites (tertiary alicyclic amines) is 1. The van der Waals surface area contributed by atoms with Crippen LogP contribution < -0.4 is 4.72 Å². The predicted molar refractivity (Wildman–Crippen MR) is 98.8 cm³/mol. The summed E-state index contributed by atoms with van der Waals surface area (Å²) in [6.45, 7) is 1.36. The van der Waals surface area contributed by atoms with E-state index in [1.165, 1.54) is 24.3 Å². The van der Waals surface area contributed by atoms with Crippen molar-refractivity contribution >= 4 is 33.2 Å². The molecule has 0 aliphatic carbocycles. The second kappa shape index (κ2) is 7.63. The number of halogens is 4. The van der Waals surface area contributed by atoms with Gasteiger partial charge >= 0.3 is 6.18 Å². The molecule has 0 radical (unpaired) electrons. The quantitative estimate of drug-likeness (QED) is 0.779. The van der Waals surface area contributed by atoms with E-state index >= 15 is 0 Å². The smallest absolute Gasteiger partial charge is 0.339 e. The van der Waals surface area contributed by atoms with Gasteiger partial charge in [0.15, 0.2) is 0 Å². The normalized spacial score (nSPS) is 14.9. The van der Waals surface area contributed by atoms with E-state index in [2.05, 4.69) is 4.72 Å². The molecule has 0 spiro atoms. The molecular formula is C18H16ClF3N2O3S. The average Bonchev–Trinajstić information content (AvgIpc) is 3.15. The van der Waals surface area contributed by atoms with Gasteiger partial charge in [0.25, 0.3) is 15.9 Å². The molecule has 0 bridgehead atoms.